The Morgan fingerprint density at radius 3 is 2.38 bits per heavy atom. The zero-order valence-corrected chi connectivity index (χ0v) is 14.7. The summed E-state index contributed by atoms with van der Waals surface area (Å²) in [4.78, 5) is 39.0. The van der Waals surface area contributed by atoms with E-state index < -0.39 is 10.8 Å². The van der Waals surface area contributed by atoms with Gasteiger partial charge in [-0.2, -0.15) is 0 Å². The topological polar surface area (TPSA) is 71.4 Å². The largest absolute Gasteiger partial charge is 0.395 e. The molecule has 1 unspecified atom stereocenters. The van der Waals surface area contributed by atoms with Crippen LogP contribution in [0.1, 0.15) is 52.9 Å². The number of fused-ring (bicyclic) bond motifs is 1. The summed E-state index contributed by atoms with van der Waals surface area (Å²) in [6, 6.07) is 0. The average molecular weight is 330 g/mol. The number of carbonyl (C=O) groups is 3. The smallest absolute Gasteiger partial charge is 0.153 e. The molecule has 0 aliphatic heterocycles. The van der Waals surface area contributed by atoms with E-state index in [0.29, 0.717) is 19.3 Å². The van der Waals surface area contributed by atoms with Crippen LogP contribution in [0.2, 0.25) is 0 Å². The molecular formula is C20H26O4. The summed E-state index contributed by atoms with van der Waals surface area (Å²) < 4.78 is 0. The predicted molar refractivity (Wildman–Crippen MR) is 85.9 cm³/mol. The molecule has 8 atom stereocenters. The highest BCUT2D eigenvalue weighted by molar-refractivity contribution is 6.22. The third-order valence-electron chi connectivity index (χ3n) is 9.46. The van der Waals surface area contributed by atoms with Gasteiger partial charge in [-0.25, -0.2) is 0 Å². The van der Waals surface area contributed by atoms with Gasteiger partial charge in [-0.1, -0.05) is 20.8 Å². The maximum atomic E-state index is 13.3. The fourth-order valence-corrected chi connectivity index (χ4v) is 8.05. The minimum absolute atomic E-state index is 0.0177. The van der Waals surface area contributed by atoms with Crippen molar-refractivity contribution in [3.8, 4) is 0 Å². The van der Waals surface area contributed by atoms with E-state index in [1.54, 1.807) is 0 Å². The first-order chi connectivity index (χ1) is 11.2. The number of hydrogen-bond acceptors (Lipinski definition) is 4. The van der Waals surface area contributed by atoms with Gasteiger partial charge in [0.1, 0.15) is 5.78 Å². The van der Waals surface area contributed by atoms with E-state index >= 15 is 0 Å². The molecule has 6 aliphatic rings. The van der Waals surface area contributed by atoms with Crippen LogP contribution in [0.3, 0.4) is 0 Å². The molecule has 0 saturated heterocycles. The van der Waals surface area contributed by atoms with Crippen LogP contribution in [0.15, 0.2) is 0 Å². The second-order valence-electron chi connectivity index (χ2n) is 9.92. The molecule has 4 bridgehead atoms. The van der Waals surface area contributed by atoms with E-state index in [9.17, 15) is 19.5 Å². The maximum absolute atomic E-state index is 13.3. The van der Waals surface area contributed by atoms with Gasteiger partial charge in [0.2, 0.25) is 0 Å². The van der Waals surface area contributed by atoms with E-state index in [4.69, 9.17) is 0 Å². The number of rotatable bonds is 1. The molecular weight excluding hydrogens is 304 g/mol. The standard InChI is InChI=1S/C20H26O4/c1-17-6-5-13(22)18(2,9-21)11(17)4-7-20-12(17)8-10-14(15(20)23)19(10,3)16(20)24/h10-12,14,21H,4-9H2,1-3H3/t10-,11-,12-,14?,17+,18+,19+,20-/m1/s1. The van der Waals surface area contributed by atoms with E-state index in [2.05, 4.69) is 6.92 Å². The average Bonchev–Trinajstić information content (AvgIpc) is 3.14. The van der Waals surface area contributed by atoms with Crippen LogP contribution in [0.4, 0.5) is 0 Å². The Balaban J connectivity index is 1.64. The summed E-state index contributed by atoms with van der Waals surface area (Å²) in [6.07, 6.45) is 3.48. The minimum Gasteiger partial charge on any atom is -0.395 e. The van der Waals surface area contributed by atoms with Crippen molar-refractivity contribution in [2.45, 2.75) is 52.9 Å². The lowest BCUT2D eigenvalue weighted by atomic mass is 9.39. The van der Waals surface area contributed by atoms with Crippen LogP contribution in [0, 0.1) is 45.3 Å². The van der Waals surface area contributed by atoms with E-state index in [0.717, 1.165) is 12.8 Å². The molecule has 6 rings (SSSR count). The molecule has 1 spiro atoms. The summed E-state index contributed by atoms with van der Waals surface area (Å²) in [5, 5.41) is 9.99. The van der Waals surface area contributed by atoms with Crippen LogP contribution in [-0.2, 0) is 14.4 Å². The quantitative estimate of drug-likeness (QED) is 0.748. The first-order valence-corrected chi connectivity index (χ1v) is 9.42. The molecule has 130 valence electrons. The number of hydrogen-bond donors (Lipinski definition) is 1. The Morgan fingerprint density at radius 2 is 1.79 bits per heavy atom. The van der Waals surface area contributed by atoms with Gasteiger partial charge in [-0.3, -0.25) is 14.4 Å². The lowest BCUT2D eigenvalue weighted by molar-refractivity contribution is -0.186. The third-order valence-corrected chi connectivity index (χ3v) is 9.46. The zero-order valence-electron chi connectivity index (χ0n) is 14.7. The Hall–Kier alpha value is -1.03. The van der Waals surface area contributed by atoms with Crippen molar-refractivity contribution in [2.24, 2.45) is 45.3 Å². The second kappa shape index (κ2) is 3.87. The van der Waals surface area contributed by atoms with Crippen LogP contribution in [0.25, 0.3) is 0 Å². The van der Waals surface area contributed by atoms with Crippen molar-refractivity contribution in [1.82, 2.24) is 0 Å². The second-order valence-corrected chi connectivity index (χ2v) is 9.92. The molecule has 6 aliphatic carbocycles. The Bertz CT molecular complexity index is 712. The highest BCUT2D eigenvalue weighted by Gasteiger charge is 2.87. The summed E-state index contributed by atoms with van der Waals surface area (Å²) in [5.41, 5.74) is -2.05. The van der Waals surface area contributed by atoms with Gasteiger partial charge in [-0.05, 0) is 48.9 Å². The molecule has 0 aromatic heterocycles. The van der Waals surface area contributed by atoms with Gasteiger partial charge in [0.25, 0.3) is 0 Å². The van der Waals surface area contributed by atoms with E-state index in [-0.39, 0.29) is 58.5 Å². The molecule has 1 N–H and O–H groups in total. The number of aliphatic hydroxyl groups is 1. The summed E-state index contributed by atoms with van der Waals surface area (Å²) >= 11 is 0. The zero-order chi connectivity index (χ0) is 17.3. The van der Waals surface area contributed by atoms with Crippen molar-refractivity contribution in [3.63, 3.8) is 0 Å². The third kappa shape index (κ3) is 1.19. The molecule has 0 radical (unpaired) electrons. The van der Waals surface area contributed by atoms with E-state index in [1.807, 2.05) is 13.8 Å². The fraction of sp³-hybridized carbons (Fsp3) is 0.850. The monoisotopic (exact) mass is 330 g/mol. The van der Waals surface area contributed by atoms with Crippen LogP contribution in [-0.4, -0.2) is 29.1 Å². The summed E-state index contributed by atoms with van der Waals surface area (Å²) in [5.74, 6) is 0.953. The predicted octanol–water partition coefficient (Wildman–Crippen LogP) is 2.17. The molecule has 6 saturated carbocycles. The SMILES string of the molecule is C[C@]12CCC(=O)[C@@](C)(CO)[C@@H]1CC[C@]13C(=O)C4[C@@H](C[C@@H]12)[C@]4(C)C3=O. The lowest BCUT2D eigenvalue weighted by Gasteiger charge is -2.63. The molecule has 0 amide bonds. The van der Waals surface area contributed by atoms with Gasteiger partial charge < -0.3 is 5.11 Å². The highest BCUT2D eigenvalue weighted by atomic mass is 16.3. The Morgan fingerprint density at radius 1 is 1.08 bits per heavy atom. The van der Waals surface area contributed by atoms with Crippen molar-refractivity contribution >= 4 is 17.3 Å². The normalized spacial score (nSPS) is 60.8. The number of ketones is 3. The molecule has 4 nitrogen and oxygen atoms in total. The van der Waals surface area contributed by atoms with Gasteiger partial charge in [0, 0.05) is 17.8 Å². The van der Waals surface area contributed by atoms with Gasteiger partial charge in [0.05, 0.1) is 17.4 Å². The molecule has 0 aromatic rings. The highest BCUT2D eigenvalue weighted by Crippen LogP contribution is 2.82. The van der Waals surface area contributed by atoms with Crippen molar-refractivity contribution in [3.05, 3.63) is 0 Å². The van der Waals surface area contributed by atoms with Crippen LogP contribution in [0.5, 0.6) is 0 Å². The fourth-order valence-electron chi connectivity index (χ4n) is 8.05. The number of Topliss-reactive ketones (excluding diaryl/α,β-unsaturated/α-hetero) is 3. The molecule has 0 aromatic carbocycles. The molecule has 24 heavy (non-hydrogen) atoms. The van der Waals surface area contributed by atoms with Crippen molar-refractivity contribution in [1.29, 1.82) is 0 Å². The summed E-state index contributed by atoms with van der Waals surface area (Å²) in [6.45, 7) is 5.97. The van der Waals surface area contributed by atoms with Crippen LogP contribution >= 0.6 is 0 Å². The van der Waals surface area contributed by atoms with Crippen molar-refractivity contribution < 1.29 is 19.5 Å². The molecule has 6 fully saturated rings. The maximum Gasteiger partial charge on any atom is 0.153 e. The van der Waals surface area contributed by atoms with Gasteiger partial charge in [0.15, 0.2) is 11.6 Å². The first kappa shape index (κ1) is 15.2. The van der Waals surface area contributed by atoms with Crippen LogP contribution < -0.4 is 0 Å². The lowest BCUT2D eigenvalue weighted by Crippen LogP contribution is -2.65. The molecule has 0 heterocycles. The summed E-state index contributed by atoms with van der Waals surface area (Å²) in [7, 11) is 0. The minimum atomic E-state index is -0.768. The Labute approximate surface area is 142 Å². The molecule has 4 heteroatoms. The number of carbonyl (C=O) groups excluding carboxylic acids is 3. The van der Waals surface area contributed by atoms with Gasteiger partial charge >= 0.3 is 0 Å². The van der Waals surface area contributed by atoms with Crippen molar-refractivity contribution in [2.75, 3.05) is 6.61 Å². The Kier molecular flexibility index (Phi) is 2.46. The number of aliphatic hydroxyl groups excluding tert-OH is 1. The van der Waals surface area contributed by atoms with Gasteiger partial charge in [-0.15, -0.1) is 0 Å². The van der Waals surface area contributed by atoms with E-state index in [1.165, 1.54) is 0 Å². The first-order valence-electron chi connectivity index (χ1n) is 9.42.